The van der Waals surface area contributed by atoms with Crippen molar-refractivity contribution >= 4 is 11.3 Å². The fourth-order valence-corrected chi connectivity index (χ4v) is 1.51. The Morgan fingerprint density at radius 2 is 2.25 bits per heavy atom. The van der Waals surface area contributed by atoms with Crippen LogP contribution in [-0.4, -0.2) is 9.97 Å². The van der Waals surface area contributed by atoms with Crippen LogP contribution in [0.3, 0.4) is 0 Å². The molecule has 2 aromatic rings. The maximum absolute atomic E-state index is 12.7. The van der Waals surface area contributed by atoms with Gasteiger partial charge in [-0.05, 0) is 6.07 Å². The van der Waals surface area contributed by atoms with Gasteiger partial charge in [-0.15, -0.1) is 11.3 Å². The average molecular weight is 180 g/mol. The summed E-state index contributed by atoms with van der Waals surface area (Å²) in [7, 11) is 0. The molecule has 2 heterocycles. The van der Waals surface area contributed by atoms with Crippen LogP contribution in [0, 0.1) is 5.82 Å². The van der Waals surface area contributed by atoms with Gasteiger partial charge in [-0.3, -0.25) is 4.98 Å². The summed E-state index contributed by atoms with van der Waals surface area (Å²) in [6, 6.07) is 1.42. The van der Waals surface area contributed by atoms with Crippen LogP contribution in [0.1, 0.15) is 0 Å². The standard InChI is InChI=1S/C8H5FN2S/c9-7-3-6(4-10-5-7)8-11-1-2-12-8/h1-5H. The first-order valence-electron chi connectivity index (χ1n) is 3.37. The number of hydrogen-bond acceptors (Lipinski definition) is 3. The number of aromatic nitrogens is 2. The Labute approximate surface area is 72.7 Å². The molecule has 0 bridgehead atoms. The fourth-order valence-electron chi connectivity index (χ4n) is 0.895. The summed E-state index contributed by atoms with van der Waals surface area (Å²) in [5.74, 6) is -0.331. The number of rotatable bonds is 1. The van der Waals surface area contributed by atoms with Gasteiger partial charge in [0.05, 0.1) is 6.20 Å². The predicted molar refractivity (Wildman–Crippen MR) is 45.3 cm³/mol. The molecule has 0 unspecified atom stereocenters. The highest BCUT2D eigenvalue weighted by Gasteiger charge is 2.00. The van der Waals surface area contributed by atoms with Crippen molar-refractivity contribution in [2.45, 2.75) is 0 Å². The van der Waals surface area contributed by atoms with Crippen molar-refractivity contribution in [3.8, 4) is 10.6 Å². The fraction of sp³-hybridized carbons (Fsp3) is 0. The van der Waals surface area contributed by atoms with Gasteiger partial charge in [0.1, 0.15) is 10.8 Å². The maximum Gasteiger partial charge on any atom is 0.142 e. The van der Waals surface area contributed by atoms with Crippen molar-refractivity contribution < 1.29 is 4.39 Å². The lowest BCUT2D eigenvalue weighted by atomic mass is 10.3. The molecule has 2 rings (SSSR count). The Morgan fingerprint density at radius 1 is 1.33 bits per heavy atom. The summed E-state index contributed by atoms with van der Waals surface area (Å²) < 4.78 is 12.7. The first-order valence-corrected chi connectivity index (χ1v) is 4.24. The topological polar surface area (TPSA) is 25.8 Å². The van der Waals surface area contributed by atoms with Crippen molar-refractivity contribution in [3.63, 3.8) is 0 Å². The second-order valence-corrected chi connectivity index (χ2v) is 3.12. The number of thiazole rings is 1. The van der Waals surface area contributed by atoms with Crippen LogP contribution in [-0.2, 0) is 0 Å². The van der Waals surface area contributed by atoms with Crippen molar-refractivity contribution in [1.29, 1.82) is 0 Å². The highest BCUT2D eigenvalue weighted by molar-refractivity contribution is 7.13. The third-order valence-corrected chi connectivity index (χ3v) is 2.21. The van der Waals surface area contributed by atoms with E-state index in [1.165, 1.54) is 23.6 Å². The number of pyridine rings is 1. The molecule has 0 aromatic carbocycles. The van der Waals surface area contributed by atoms with E-state index in [4.69, 9.17) is 0 Å². The van der Waals surface area contributed by atoms with Crippen LogP contribution >= 0.6 is 11.3 Å². The second-order valence-electron chi connectivity index (χ2n) is 2.23. The molecule has 2 aromatic heterocycles. The summed E-state index contributed by atoms with van der Waals surface area (Å²) in [6.45, 7) is 0. The van der Waals surface area contributed by atoms with E-state index in [0.717, 1.165) is 10.6 Å². The lowest BCUT2D eigenvalue weighted by Gasteiger charge is -1.93. The van der Waals surface area contributed by atoms with Crippen LogP contribution in [0.15, 0.2) is 30.0 Å². The van der Waals surface area contributed by atoms with E-state index in [1.54, 1.807) is 12.4 Å². The van der Waals surface area contributed by atoms with Gasteiger partial charge in [-0.1, -0.05) is 0 Å². The van der Waals surface area contributed by atoms with Crippen LogP contribution in [0.2, 0.25) is 0 Å². The molecule has 2 nitrogen and oxygen atoms in total. The minimum absolute atomic E-state index is 0.331. The Balaban J connectivity index is 2.48. The first-order chi connectivity index (χ1) is 5.86. The van der Waals surface area contributed by atoms with Crippen LogP contribution in [0.5, 0.6) is 0 Å². The van der Waals surface area contributed by atoms with E-state index in [9.17, 15) is 4.39 Å². The zero-order valence-corrected chi connectivity index (χ0v) is 6.88. The Hall–Kier alpha value is -1.29. The van der Waals surface area contributed by atoms with Gasteiger partial charge in [0.25, 0.3) is 0 Å². The van der Waals surface area contributed by atoms with Crippen LogP contribution < -0.4 is 0 Å². The Kier molecular flexibility index (Phi) is 1.83. The number of hydrogen-bond donors (Lipinski definition) is 0. The van der Waals surface area contributed by atoms with Crippen molar-refractivity contribution in [1.82, 2.24) is 9.97 Å². The summed E-state index contributed by atoms with van der Waals surface area (Å²) in [5.41, 5.74) is 0.727. The minimum atomic E-state index is -0.331. The van der Waals surface area contributed by atoms with E-state index in [-0.39, 0.29) is 5.82 Å². The maximum atomic E-state index is 12.7. The normalized spacial score (nSPS) is 10.1. The molecule has 0 atom stereocenters. The quantitative estimate of drug-likeness (QED) is 0.673. The summed E-state index contributed by atoms with van der Waals surface area (Å²) in [4.78, 5) is 7.77. The van der Waals surface area contributed by atoms with Crippen LogP contribution in [0.4, 0.5) is 4.39 Å². The third-order valence-electron chi connectivity index (χ3n) is 1.38. The van der Waals surface area contributed by atoms with Gasteiger partial charge in [-0.25, -0.2) is 9.37 Å². The second kappa shape index (κ2) is 2.98. The van der Waals surface area contributed by atoms with E-state index in [0.29, 0.717) is 0 Å². The summed E-state index contributed by atoms with van der Waals surface area (Å²) >= 11 is 1.47. The average Bonchev–Trinajstić information content (AvgIpc) is 2.56. The van der Waals surface area contributed by atoms with Gasteiger partial charge < -0.3 is 0 Å². The molecule has 4 heteroatoms. The van der Waals surface area contributed by atoms with E-state index >= 15 is 0 Å². The summed E-state index contributed by atoms with van der Waals surface area (Å²) in [5, 5.41) is 2.64. The van der Waals surface area contributed by atoms with Crippen molar-refractivity contribution in [2.75, 3.05) is 0 Å². The Bertz CT molecular complexity index is 372. The zero-order chi connectivity index (χ0) is 8.39. The molecule has 0 aliphatic carbocycles. The minimum Gasteiger partial charge on any atom is -0.261 e. The zero-order valence-electron chi connectivity index (χ0n) is 6.07. The molecule has 12 heavy (non-hydrogen) atoms. The third kappa shape index (κ3) is 1.33. The number of nitrogens with zero attached hydrogens (tertiary/aromatic N) is 2. The molecule has 0 amide bonds. The molecule has 0 fully saturated rings. The molecule has 0 aliphatic heterocycles. The lowest BCUT2D eigenvalue weighted by molar-refractivity contribution is 0.622. The Morgan fingerprint density at radius 3 is 2.92 bits per heavy atom. The van der Waals surface area contributed by atoms with E-state index < -0.39 is 0 Å². The largest absolute Gasteiger partial charge is 0.261 e. The molecule has 0 aliphatic rings. The molecule has 0 saturated heterocycles. The highest BCUT2D eigenvalue weighted by Crippen LogP contribution is 2.20. The van der Waals surface area contributed by atoms with E-state index in [1.807, 2.05) is 5.38 Å². The molecule has 0 radical (unpaired) electrons. The van der Waals surface area contributed by atoms with Crippen molar-refractivity contribution in [3.05, 3.63) is 35.9 Å². The molecule has 0 N–H and O–H groups in total. The number of halogens is 1. The molecular formula is C8H5FN2S. The van der Waals surface area contributed by atoms with Gasteiger partial charge in [-0.2, -0.15) is 0 Å². The molecule has 0 saturated carbocycles. The van der Waals surface area contributed by atoms with Gasteiger partial charge in [0.15, 0.2) is 0 Å². The SMILES string of the molecule is Fc1cncc(-c2nccs2)c1. The van der Waals surface area contributed by atoms with Crippen molar-refractivity contribution in [2.24, 2.45) is 0 Å². The van der Waals surface area contributed by atoms with Crippen LogP contribution in [0.25, 0.3) is 10.6 Å². The van der Waals surface area contributed by atoms with E-state index in [2.05, 4.69) is 9.97 Å². The molecule has 60 valence electrons. The molecule has 0 spiro atoms. The summed E-state index contributed by atoms with van der Waals surface area (Å²) in [6.07, 6.45) is 4.46. The lowest BCUT2D eigenvalue weighted by Crippen LogP contribution is -1.81. The predicted octanol–water partition coefficient (Wildman–Crippen LogP) is 2.34. The van der Waals surface area contributed by atoms with Gasteiger partial charge >= 0.3 is 0 Å². The van der Waals surface area contributed by atoms with Gasteiger partial charge in [0.2, 0.25) is 0 Å². The van der Waals surface area contributed by atoms with Gasteiger partial charge in [0, 0.05) is 23.3 Å². The first kappa shape index (κ1) is 7.36. The highest BCUT2D eigenvalue weighted by atomic mass is 32.1. The monoisotopic (exact) mass is 180 g/mol. The molecular weight excluding hydrogens is 175 g/mol. The smallest absolute Gasteiger partial charge is 0.142 e.